The number of benzene rings is 2. The van der Waals surface area contributed by atoms with Crippen molar-refractivity contribution in [2.45, 2.75) is 13.8 Å². The molecule has 92 valence electrons. The molecule has 0 aromatic heterocycles. The quantitative estimate of drug-likeness (QED) is 0.463. The fourth-order valence-corrected chi connectivity index (χ4v) is 2.35. The summed E-state index contributed by atoms with van der Waals surface area (Å²) in [6, 6.07) is 16.2. The third kappa shape index (κ3) is 3.58. The van der Waals surface area contributed by atoms with Gasteiger partial charge in [-0.25, -0.2) is 0 Å². The van der Waals surface area contributed by atoms with E-state index in [1.54, 1.807) is 0 Å². The average molecular weight is 279 g/mol. The Morgan fingerprint density at radius 2 is 1.26 bits per heavy atom. The van der Waals surface area contributed by atoms with Crippen molar-refractivity contribution < 1.29 is 18.9 Å². The van der Waals surface area contributed by atoms with Crippen LogP contribution in [-0.2, 0) is 12.6 Å². The first-order chi connectivity index (χ1) is 8.61. The fraction of sp³-hybridized carbons (Fsp3) is 0.133. The van der Waals surface area contributed by atoms with Gasteiger partial charge in [-0.3, -0.25) is 0 Å². The van der Waals surface area contributed by atoms with Crippen molar-refractivity contribution in [3.8, 4) is 0 Å². The normalized spacial score (nSPS) is 9.58. The maximum absolute atomic E-state index is 5.24. The van der Waals surface area contributed by atoms with E-state index in [-0.39, 0.29) is 18.9 Å². The van der Waals surface area contributed by atoms with Gasteiger partial charge in [-0.05, 0) is 37.1 Å². The number of hydrogen-bond donors (Lipinski definition) is 0. The first-order valence-electron chi connectivity index (χ1n) is 5.73. The minimum absolute atomic E-state index is 0. The fourth-order valence-electron chi connectivity index (χ4n) is 1.96. The predicted octanol–water partition coefficient (Wildman–Crippen LogP) is 1.28. The molecule has 0 aliphatic carbocycles. The Bertz CT molecular complexity index is 538. The smallest absolute Gasteiger partial charge is 0.411 e. The van der Waals surface area contributed by atoms with E-state index in [4.69, 9.17) is 24.8 Å². The van der Waals surface area contributed by atoms with E-state index in [9.17, 15) is 0 Å². The molecular formula is C15H14LiNS2. The summed E-state index contributed by atoms with van der Waals surface area (Å²) in [5.74, 6) is 0. The molecular weight excluding hydrogens is 265 g/mol. The van der Waals surface area contributed by atoms with Gasteiger partial charge in [-0.1, -0.05) is 40.7 Å². The van der Waals surface area contributed by atoms with Crippen LogP contribution in [0.15, 0.2) is 48.5 Å². The molecule has 0 N–H and O–H groups in total. The van der Waals surface area contributed by atoms with E-state index >= 15 is 0 Å². The van der Waals surface area contributed by atoms with Gasteiger partial charge in [0.25, 0.3) is 0 Å². The van der Waals surface area contributed by atoms with Crippen LogP contribution in [0.25, 0.3) is 0 Å². The molecule has 19 heavy (non-hydrogen) atoms. The van der Waals surface area contributed by atoms with Crippen molar-refractivity contribution in [1.29, 1.82) is 0 Å². The second-order valence-electron chi connectivity index (χ2n) is 4.17. The van der Waals surface area contributed by atoms with Gasteiger partial charge in [0.1, 0.15) is 0 Å². The third-order valence-corrected chi connectivity index (χ3v) is 3.26. The van der Waals surface area contributed by atoms with Crippen molar-refractivity contribution >= 4 is 40.5 Å². The topological polar surface area (TPSA) is 3.24 Å². The van der Waals surface area contributed by atoms with Crippen LogP contribution in [0.1, 0.15) is 11.1 Å². The number of nitrogens with zero attached hydrogens (tertiary/aromatic N) is 1. The Labute approximate surface area is 137 Å². The standard InChI is InChI=1S/C15H15NS2.Li/c1-11-7-3-5-9-13(11)16(15(17)18)14-10-6-4-8-12(14)2;/h3-10H,1-2H3,(H,17,18);/q;+1/p-1. The van der Waals surface area contributed by atoms with Crippen molar-refractivity contribution in [3.63, 3.8) is 0 Å². The van der Waals surface area contributed by atoms with Crippen molar-refractivity contribution in [2.24, 2.45) is 0 Å². The monoisotopic (exact) mass is 279 g/mol. The number of thiocarbonyl (C=S) groups is 1. The molecule has 0 atom stereocenters. The van der Waals surface area contributed by atoms with E-state index in [0.29, 0.717) is 4.32 Å². The molecule has 0 aliphatic heterocycles. The second-order valence-corrected chi connectivity index (χ2v) is 5.21. The summed E-state index contributed by atoms with van der Waals surface area (Å²) in [6.45, 7) is 4.13. The molecule has 0 saturated carbocycles. The van der Waals surface area contributed by atoms with Gasteiger partial charge in [0.2, 0.25) is 0 Å². The van der Waals surface area contributed by atoms with E-state index in [0.717, 1.165) is 22.5 Å². The largest absolute Gasteiger partial charge is 1.00 e. The number of hydrogen-bond acceptors (Lipinski definition) is 2. The molecule has 0 heterocycles. The molecule has 0 spiro atoms. The van der Waals surface area contributed by atoms with Gasteiger partial charge in [-0.2, -0.15) is 0 Å². The number of rotatable bonds is 2. The van der Waals surface area contributed by atoms with Crippen LogP contribution < -0.4 is 23.8 Å². The number of anilines is 2. The Hall–Kier alpha value is -0.853. The van der Waals surface area contributed by atoms with Gasteiger partial charge in [0, 0.05) is 11.4 Å². The minimum Gasteiger partial charge on any atom is -0.411 e. The van der Waals surface area contributed by atoms with Gasteiger partial charge in [0.05, 0.1) is 0 Å². The molecule has 2 rings (SSSR count). The summed E-state index contributed by atoms with van der Waals surface area (Å²) in [4.78, 5) is 1.95. The van der Waals surface area contributed by atoms with E-state index < -0.39 is 0 Å². The third-order valence-electron chi connectivity index (χ3n) is 2.90. The average Bonchev–Trinajstić information content (AvgIpc) is 2.34. The van der Waals surface area contributed by atoms with E-state index in [1.807, 2.05) is 41.3 Å². The molecule has 0 bridgehead atoms. The SMILES string of the molecule is Cc1ccccc1N(C(=S)[S-])c1ccccc1C.[Li+]. The van der Waals surface area contributed by atoms with E-state index in [1.165, 1.54) is 0 Å². The van der Waals surface area contributed by atoms with Crippen LogP contribution in [0.2, 0.25) is 0 Å². The second kappa shape index (κ2) is 7.07. The van der Waals surface area contributed by atoms with Crippen molar-refractivity contribution in [2.75, 3.05) is 4.90 Å². The van der Waals surface area contributed by atoms with Crippen molar-refractivity contribution in [3.05, 3.63) is 59.7 Å². The molecule has 0 aliphatic rings. The molecule has 2 aromatic carbocycles. The summed E-state index contributed by atoms with van der Waals surface area (Å²) in [5, 5.41) is 0. The van der Waals surface area contributed by atoms with Gasteiger partial charge in [0.15, 0.2) is 0 Å². The van der Waals surface area contributed by atoms with E-state index in [2.05, 4.69) is 26.0 Å². The van der Waals surface area contributed by atoms with Gasteiger partial charge < -0.3 is 29.7 Å². The Morgan fingerprint density at radius 3 is 1.58 bits per heavy atom. The molecule has 0 unspecified atom stereocenters. The zero-order valence-electron chi connectivity index (χ0n) is 11.4. The molecule has 0 saturated heterocycles. The zero-order valence-corrected chi connectivity index (χ0v) is 13.0. The summed E-state index contributed by atoms with van der Waals surface area (Å²) in [5.41, 5.74) is 4.42. The van der Waals surface area contributed by atoms with Crippen LogP contribution in [-0.4, -0.2) is 4.32 Å². The maximum Gasteiger partial charge on any atom is 1.00 e. The minimum atomic E-state index is 0. The summed E-state index contributed by atoms with van der Waals surface area (Å²) in [7, 11) is 0. The van der Waals surface area contributed by atoms with Crippen LogP contribution in [0.3, 0.4) is 0 Å². The zero-order chi connectivity index (χ0) is 13.1. The Balaban J connectivity index is 0.00000180. The van der Waals surface area contributed by atoms with Gasteiger partial charge in [-0.15, -0.1) is 0 Å². The molecule has 0 amide bonds. The number of para-hydroxylation sites is 2. The summed E-state index contributed by atoms with van der Waals surface area (Å²) in [6.07, 6.45) is 0. The predicted molar refractivity (Wildman–Crippen MR) is 84.5 cm³/mol. The maximum atomic E-state index is 5.24. The van der Waals surface area contributed by atoms with Crippen LogP contribution in [0, 0.1) is 13.8 Å². The van der Waals surface area contributed by atoms with Crippen molar-refractivity contribution in [1.82, 2.24) is 0 Å². The Kier molecular flexibility index (Phi) is 6.03. The molecule has 1 nitrogen and oxygen atoms in total. The van der Waals surface area contributed by atoms with Crippen LogP contribution in [0.5, 0.6) is 0 Å². The summed E-state index contributed by atoms with van der Waals surface area (Å²) >= 11 is 10.5. The first kappa shape index (κ1) is 16.2. The molecule has 0 fully saturated rings. The van der Waals surface area contributed by atoms with Crippen LogP contribution in [0.4, 0.5) is 11.4 Å². The van der Waals surface area contributed by atoms with Gasteiger partial charge >= 0.3 is 18.9 Å². The Morgan fingerprint density at radius 1 is 0.895 bits per heavy atom. The molecule has 2 aromatic rings. The van der Waals surface area contributed by atoms with Crippen LogP contribution >= 0.6 is 12.2 Å². The molecule has 0 radical (unpaired) electrons. The number of aryl methyl sites for hydroxylation is 2. The molecule has 4 heteroatoms. The first-order valence-corrected chi connectivity index (χ1v) is 6.55. The summed E-state index contributed by atoms with van der Waals surface area (Å²) < 4.78 is 0.443.